The predicted octanol–water partition coefficient (Wildman–Crippen LogP) is 3.46. The molecule has 0 spiro atoms. The third kappa shape index (κ3) is 6.16. The molecule has 0 aliphatic rings. The van der Waals surface area contributed by atoms with Crippen LogP contribution >= 0.6 is 0 Å². The number of aromatic hydroxyl groups is 1. The quantitative estimate of drug-likeness (QED) is 0.562. The third-order valence-electron chi connectivity index (χ3n) is 4.55. The number of hydrogen-bond donors (Lipinski definition) is 3. The molecule has 0 aliphatic heterocycles. The zero-order valence-electron chi connectivity index (χ0n) is 16.0. The van der Waals surface area contributed by atoms with Crippen molar-refractivity contribution in [2.24, 2.45) is 0 Å². The van der Waals surface area contributed by atoms with E-state index in [9.17, 15) is 9.90 Å². The van der Waals surface area contributed by atoms with E-state index in [0.717, 1.165) is 30.5 Å². The molecular formula is C22H26N4O2. The SMILES string of the molecule is CC(CCc1ccc(O)cc1)NC(=O)NCc1cccc(Cn2ccnc2)c1. The molecule has 3 aromatic rings. The molecule has 0 radical (unpaired) electrons. The van der Waals surface area contributed by atoms with E-state index < -0.39 is 0 Å². The number of phenolic OH excluding ortho intramolecular Hbond substituents is 1. The molecule has 28 heavy (non-hydrogen) atoms. The van der Waals surface area contributed by atoms with Crippen LogP contribution in [0, 0.1) is 0 Å². The Bertz CT molecular complexity index is 876. The summed E-state index contributed by atoms with van der Waals surface area (Å²) in [6, 6.07) is 15.2. The fourth-order valence-corrected chi connectivity index (χ4v) is 3.00. The standard InChI is InChI=1S/C22H26N4O2/c1-17(5-6-18-7-9-21(27)10-8-18)25-22(28)24-14-19-3-2-4-20(13-19)15-26-12-11-23-16-26/h2-4,7-13,16-17,27H,5-6,14-15H2,1H3,(H2,24,25,28). The molecule has 146 valence electrons. The maximum Gasteiger partial charge on any atom is 0.315 e. The molecule has 0 fully saturated rings. The van der Waals surface area contributed by atoms with Gasteiger partial charge in [0, 0.05) is 31.5 Å². The summed E-state index contributed by atoms with van der Waals surface area (Å²) in [5.41, 5.74) is 3.37. The van der Waals surface area contributed by atoms with Gasteiger partial charge in [0.25, 0.3) is 0 Å². The van der Waals surface area contributed by atoms with E-state index in [0.29, 0.717) is 6.54 Å². The van der Waals surface area contributed by atoms with Gasteiger partial charge in [-0.05, 0) is 48.6 Å². The lowest BCUT2D eigenvalue weighted by Gasteiger charge is -2.15. The largest absolute Gasteiger partial charge is 0.508 e. The minimum Gasteiger partial charge on any atom is -0.508 e. The molecule has 1 heterocycles. The number of rotatable bonds is 8. The summed E-state index contributed by atoms with van der Waals surface area (Å²) in [4.78, 5) is 16.2. The molecular weight excluding hydrogens is 352 g/mol. The maximum atomic E-state index is 12.2. The Morgan fingerprint density at radius 1 is 1.14 bits per heavy atom. The van der Waals surface area contributed by atoms with E-state index in [-0.39, 0.29) is 17.8 Å². The highest BCUT2D eigenvalue weighted by Crippen LogP contribution is 2.12. The molecule has 0 saturated carbocycles. The van der Waals surface area contributed by atoms with Gasteiger partial charge >= 0.3 is 6.03 Å². The van der Waals surface area contributed by atoms with E-state index in [1.54, 1.807) is 24.7 Å². The van der Waals surface area contributed by atoms with Crippen LogP contribution < -0.4 is 10.6 Å². The lowest BCUT2D eigenvalue weighted by atomic mass is 10.1. The van der Waals surface area contributed by atoms with Crippen molar-refractivity contribution in [3.8, 4) is 5.75 Å². The van der Waals surface area contributed by atoms with Gasteiger partial charge < -0.3 is 20.3 Å². The van der Waals surface area contributed by atoms with Gasteiger partial charge in [-0.3, -0.25) is 0 Å². The fourth-order valence-electron chi connectivity index (χ4n) is 3.00. The smallest absolute Gasteiger partial charge is 0.315 e. The Hall–Kier alpha value is -3.28. The van der Waals surface area contributed by atoms with Crippen LogP contribution in [0.4, 0.5) is 4.79 Å². The normalized spacial score (nSPS) is 11.8. The van der Waals surface area contributed by atoms with Gasteiger partial charge in [-0.25, -0.2) is 9.78 Å². The van der Waals surface area contributed by atoms with E-state index in [1.165, 1.54) is 5.56 Å². The number of urea groups is 1. The van der Waals surface area contributed by atoms with Gasteiger partial charge in [-0.1, -0.05) is 36.4 Å². The lowest BCUT2D eigenvalue weighted by Crippen LogP contribution is -2.40. The average molecular weight is 378 g/mol. The number of aromatic nitrogens is 2. The van der Waals surface area contributed by atoms with Crippen LogP contribution in [-0.2, 0) is 19.5 Å². The summed E-state index contributed by atoms with van der Waals surface area (Å²) < 4.78 is 2.01. The minimum absolute atomic E-state index is 0.0568. The number of carbonyl (C=O) groups is 1. The summed E-state index contributed by atoms with van der Waals surface area (Å²) >= 11 is 0. The molecule has 3 N–H and O–H groups in total. The number of nitrogens with zero attached hydrogens (tertiary/aromatic N) is 2. The average Bonchev–Trinajstić information content (AvgIpc) is 3.19. The van der Waals surface area contributed by atoms with Crippen LogP contribution in [0.3, 0.4) is 0 Å². The van der Waals surface area contributed by atoms with E-state index in [1.807, 2.05) is 42.0 Å². The Morgan fingerprint density at radius 3 is 2.68 bits per heavy atom. The van der Waals surface area contributed by atoms with Crippen LogP contribution in [0.25, 0.3) is 0 Å². The first-order valence-corrected chi connectivity index (χ1v) is 9.44. The summed E-state index contributed by atoms with van der Waals surface area (Å²) in [6.45, 7) is 3.23. The first-order valence-electron chi connectivity index (χ1n) is 9.44. The Labute approximate surface area is 165 Å². The topological polar surface area (TPSA) is 79.2 Å². The second-order valence-corrected chi connectivity index (χ2v) is 6.99. The van der Waals surface area contributed by atoms with Gasteiger partial charge in [0.2, 0.25) is 0 Å². The van der Waals surface area contributed by atoms with Gasteiger partial charge in [0.1, 0.15) is 5.75 Å². The minimum atomic E-state index is -0.168. The Kier molecular flexibility index (Phi) is 6.68. The maximum absolute atomic E-state index is 12.2. The van der Waals surface area contributed by atoms with Gasteiger partial charge in [0.15, 0.2) is 0 Å². The third-order valence-corrected chi connectivity index (χ3v) is 4.55. The number of carbonyl (C=O) groups excluding carboxylic acids is 1. The summed E-state index contributed by atoms with van der Waals surface area (Å²) in [5, 5.41) is 15.2. The van der Waals surface area contributed by atoms with E-state index in [2.05, 4.69) is 27.8 Å². The van der Waals surface area contributed by atoms with Crippen LogP contribution in [-0.4, -0.2) is 26.7 Å². The molecule has 2 amide bonds. The van der Waals surface area contributed by atoms with E-state index in [4.69, 9.17) is 0 Å². The number of benzene rings is 2. The monoisotopic (exact) mass is 378 g/mol. The van der Waals surface area contributed by atoms with Crippen LogP contribution in [0.5, 0.6) is 5.75 Å². The molecule has 3 rings (SSSR count). The number of amides is 2. The zero-order chi connectivity index (χ0) is 19.8. The molecule has 1 aromatic heterocycles. The number of aryl methyl sites for hydroxylation is 1. The van der Waals surface area contributed by atoms with Crippen molar-refractivity contribution < 1.29 is 9.90 Å². The molecule has 1 atom stereocenters. The molecule has 0 aliphatic carbocycles. The number of imidazole rings is 1. The van der Waals surface area contributed by atoms with Crippen molar-refractivity contribution in [3.05, 3.63) is 83.9 Å². The highest BCUT2D eigenvalue weighted by molar-refractivity contribution is 5.74. The highest BCUT2D eigenvalue weighted by Gasteiger charge is 2.08. The van der Waals surface area contributed by atoms with Gasteiger partial charge in [0.05, 0.1) is 6.33 Å². The summed E-state index contributed by atoms with van der Waals surface area (Å²) in [7, 11) is 0. The lowest BCUT2D eigenvalue weighted by molar-refractivity contribution is 0.237. The van der Waals surface area contributed by atoms with E-state index >= 15 is 0 Å². The summed E-state index contributed by atoms with van der Waals surface area (Å²) in [6.07, 6.45) is 7.16. The number of nitrogens with one attached hydrogen (secondary N) is 2. The molecule has 6 nitrogen and oxygen atoms in total. The van der Waals surface area contributed by atoms with Gasteiger partial charge in [-0.2, -0.15) is 0 Å². The Morgan fingerprint density at radius 2 is 1.93 bits per heavy atom. The van der Waals surface area contributed by atoms with Crippen LogP contribution in [0.15, 0.2) is 67.3 Å². The fraction of sp³-hybridized carbons (Fsp3) is 0.273. The molecule has 2 aromatic carbocycles. The van der Waals surface area contributed by atoms with Crippen molar-refractivity contribution in [1.82, 2.24) is 20.2 Å². The molecule has 0 bridgehead atoms. The van der Waals surface area contributed by atoms with Crippen molar-refractivity contribution >= 4 is 6.03 Å². The Balaban J connectivity index is 1.41. The highest BCUT2D eigenvalue weighted by atomic mass is 16.3. The second kappa shape index (κ2) is 9.60. The van der Waals surface area contributed by atoms with Gasteiger partial charge in [-0.15, -0.1) is 0 Å². The van der Waals surface area contributed by atoms with Crippen LogP contribution in [0.2, 0.25) is 0 Å². The number of hydrogen-bond acceptors (Lipinski definition) is 3. The zero-order valence-corrected chi connectivity index (χ0v) is 16.0. The molecule has 1 unspecified atom stereocenters. The van der Waals surface area contributed by atoms with Crippen molar-refractivity contribution in [2.75, 3.05) is 0 Å². The summed E-state index contributed by atoms with van der Waals surface area (Å²) in [5.74, 6) is 0.267. The first kappa shape index (κ1) is 19.5. The predicted molar refractivity (Wildman–Crippen MR) is 109 cm³/mol. The van der Waals surface area contributed by atoms with Crippen molar-refractivity contribution in [1.29, 1.82) is 0 Å². The number of phenols is 1. The van der Waals surface area contributed by atoms with Crippen molar-refractivity contribution in [2.45, 2.75) is 38.9 Å². The first-order chi connectivity index (χ1) is 13.6. The van der Waals surface area contributed by atoms with Crippen molar-refractivity contribution in [3.63, 3.8) is 0 Å². The second-order valence-electron chi connectivity index (χ2n) is 6.99. The van der Waals surface area contributed by atoms with Crippen LogP contribution in [0.1, 0.15) is 30.0 Å². The molecule has 0 saturated heterocycles. The molecule has 6 heteroatoms.